The summed E-state index contributed by atoms with van der Waals surface area (Å²) in [4.78, 5) is 27.1. The van der Waals surface area contributed by atoms with Crippen molar-refractivity contribution in [3.63, 3.8) is 0 Å². The van der Waals surface area contributed by atoms with E-state index in [2.05, 4.69) is 15.0 Å². The van der Waals surface area contributed by atoms with Crippen LogP contribution in [0.5, 0.6) is 0 Å². The second-order valence-corrected chi connectivity index (χ2v) is 7.04. The summed E-state index contributed by atoms with van der Waals surface area (Å²) in [6.07, 6.45) is 9.97. The van der Waals surface area contributed by atoms with Crippen molar-refractivity contribution in [1.82, 2.24) is 19.9 Å². The Labute approximate surface area is 147 Å². The van der Waals surface area contributed by atoms with Crippen molar-refractivity contribution in [2.24, 2.45) is 11.3 Å². The van der Waals surface area contributed by atoms with E-state index in [1.54, 1.807) is 24.8 Å². The van der Waals surface area contributed by atoms with E-state index in [1.165, 1.54) is 6.42 Å². The molecule has 2 fully saturated rings. The zero-order valence-corrected chi connectivity index (χ0v) is 14.2. The number of fused-ring (bicyclic) bond motifs is 1. The molecule has 2 aliphatic rings. The molecule has 1 aliphatic heterocycles. The molecular formula is C19H22N4O2. The van der Waals surface area contributed by atoms with E-state index in [0.29, 0.717) is 24.8 Å². The van der Waals surface area contributed by atoms with Crippen molar-refractivity contribution in [3.8, 4) is 0 Å². The molecule has 25 heavy (non-hydrogen) atoms. The van der Waals surface area contributed by atoms with Gasteiger partial charge < -0.3 is 9.64 Å². The summed E-state index contributed by atoms with van der Waals surface area (Å²) in [6.45, 7) is 2.74. The van der Waals surface area contributed by atoms with Crippen LogP contribution in [-0.2, 0) is 11.3 Å². The number of nitrogens with zero attached hydrogens (tertiary/aromatic N) is 4. The Morgan fingerprint density at radius 3 is 3.04 bits per heavy atom. The molecule has 1 amide bonds. The SMILES string of the molecule is O=C(c1cnccn1)N1C[C@H]2CCC[C@@]2(COCc2ccccn2)C1. The number of carbonyl (C=O) groups excluding carboxylic acids is 1. The Kier molecular flexibility index (Phi) is 4.44. The van der Waals surface area contributed by atoms with Crippen molar-refractivity contribution in [2.75, 3.05) is 19.7 Å². The predicted octanol–water partition coefficient (Wildman–Crippen LogP) is 2.33. The van der Waals surface area contributed by atoms with E-state index < -0.39 is 0 Å². The summed E-state index contributed by atoms with van der Waals surface area (Å²) in [5.74, 6) is 0.489. The molecule has 4 rings (SSSR count). The summed E-state index contributed by atoms with van der Waals surface area (Å²) in [7, 11) is 0. The largest absolute Gasteiger partial charge is 0.375 e. The number of amides is 1. The van der Waals surface area contributed by atoms with E-state index in [9.17, 15) is 4.79 Å². The lowest BCUT2D eigenvalue weighted by Crippen LogP contribution is -2.35. The van der Waals surface area contributed by atoms with E-state index in [1.807, 2.05) is 23.1 Å². The van der Waals surface area contributed by atoms with Gasteiger partial charge in [0.2, 0.25) is 0 Å². The molecule has 0 spiro atoms. The second-order valence-electron chi connectivity index (χ2n) is 7.04. The van der Waals surface area contributed by atoms with E-state index in [0.717, 1.165) is 31.6 Å². The molecule has 1 saturated heterocycles. The first-order valence-corrected chi connectivity index (χ1v) is 8.80. The van der Waals surface area contributed by atoms with Gasteiger partial charge in [-0.2, -0.15) is 0 Å². The van der Waals surface area contributed by atoms with Crippen molar-refractivity contribution in [3.05, 3.63) is 54.4 Å². The number of ether oxygens (including phenoxy) is 1. The van der Waals surface area contributed by atoms with Gasteiger partial charge in [0.15, 0.2) is 0 Å². The highest BCUT2D eigenvalue weighted by Crippen LogP contribution is 2.49. The smallest absolute Gasteiger partial charge is 0.274 e. The number of rotatable bonds is 5. The minimum absolute atomic E-state index is 0.0217. The highest BCUT2D eigenvalue weighted by Gasteiger charge is 2.50. The van der Waals surface area contributed by atoms with Crippen molar-refractivity contribution in [2.45, 2.75) is 25.9 Å². The quantitative estimate of drug-likeness (QED) is 0.837. The third-order valence-corrected chi connectivity index (χ3v) is 5.47. The van der Waals surface area contributed by atoms with E-state index >= 15 is 0 Å². The zero-order valence-electron chi connectivity index (χ0n) is 14.2. The summed E-state index contributed by atoms with van der Waals surface area (Å²) in [5.41, 5.74) is 1.44. The molecule has 6 nitrogen and oxygen atoms in total. The summed E-state index contributed by atoms with van der Waals surface area (Å²) in [5, 5.41) is 0. The maximum atomic E-state index is 12.7. The van der Waals surface area contributed by atoms with E-state index in [4.69, 9.17) is 4.74 Å². The van der Waals surface area contributed by atoms with Crippen LogP contribution in [0, 0.1) is 11.3 Å². The number of carbonyl (C=O) groups is 1. The molecular weight excluding hydrogens is 316 g/mol. The summed E-state index contributed by atoms with van der Waals surface area (Å²) >= 11 is 0. The molecule has 0 radical (unpaired) electrons. The van der Waals surface area contributed by atoms with Gasteiger partial charge in [-0.25, -0.2) is 4.98 Å². The summed E-state index contributed by atoms with van der Waals surface area (Å²) in [6, 6.07) is 5.85. The van der Waals surface area contributed by atoms with Crippen LogP contribution in [0.25, 0.3) is 0 Å². The average Bonchev–Trinajstić information content (AvgIpc) is 3.20. The minimum atomic E-state index is -0.0217. The third kappa shape index (κ3) is 3.26. The molecule has 0 bridgehead atoms. The Balaban J connectivity index is 1.41. The van der Waals surface area contributed by atoms with Gasteiger partial charge in [0.1, 0.15) is 5.69 Å². The van der Waals surface area contributed by atoms with Gasteiger partial charge in [0, 0.05) is 37.1 Å². The highest BCUT2D eigenvalue weighted by atomic mass is 16.5. The highest BCUT2D eigenvalue weighted by molar-refractivity contribution is 5.92. The number of aromatic nitrogens is 3. The van der Waals surface area contributed by atoms with Crippen LogP contribution in [0.15, 0.2) is 43.0 Å². The maximum absolute atomic E-state index is 12.7. The van der Waals surface area contributed by atoms with Gasteiger partial charge in [0.25, 0.3) is 5.91 Å². The van der Waals surface area contributed by atoms with Gasteiger partial charge in [-0.1, -0.05) is 12.5 Å². The number of hydrogen-bond acceptors (Lipinski definition) is 5. The molecule has 0 unspecified atom stereocenters. The Bertz CT molecular complexity index is 725. The van der Waals surface area contributed by atoms with Crippen molar-refractivity contribution < 1.29 is 9.53 Å². The van der Waals surface area contributed by atoms with Crippen LogP contribution in [0.4, 0.5) is 0 Å². The monoisotopic (exact) mass is 338 g/mol. The Morgan fingerprint density at radius 2 is 2.24 bits per heavy atom. The fraction of sp³-hybridized carbons (Fsp3) is 0.474. The lowest BCUT2D eigenvalue weighted by Gasteiger charge is -2.28. The van der Waals surface area contributed by atoms with Crippen molar-refractivity contribution >= 4 is 5.91 Å². The van der Waals surface area contributed by atoms with Crippen LogP contribution >= 0.6 is 0 Å². The van der Waals surface area contributed by atoms with Crippen LogP contribution in [0.3, 0.4) is 0 Å². The van der Waals surface area contributed by atoms with Crippen LogP contribution in [-0.4, -0.2) is 45.5 Å². The van der Waals surface area contributed by atoms with Gasteiger partial charge >= 0.3 is 0 Å². The lowest BCUT2D eigenvalue weighted by atomic mass is 9.81. The minimum Gasteiger partial charge on any atom is -0.375 e. The van der Waals surface area contributed by atoms with Gasteiger partial charge in [0.05, 0.1) is 25.1 Å². The third-order valence-electron chi connectivity index (χ3n) is 5.47. The topological polar surface area (TPSA) is 68.2 Å². The number of likely N-dealkylation sites (tertiary alicyclic amines) is 1. The number of hydrogen-bond donors (Lipinski definition) is 0. The molecule has 130 valence electrons. The maximum Gasteiger partial charge on any atom is 0.274 e. The van der Waals surface area contributed by atoms with Crippen molar-refractivity contribution in [1.29, 1.82) is 0 Å². The fourth-order valence-electron chi connectivity index (χ4n) is 4.22. The molecule has 2 aromatic heterocycles. The molecule has 1 aliphatic carbocycles. The second kappa shape index (κ2) is 6.88. The molecule has 2 aromatic rings. The Morgan fingerprint density at radius 1 is 1.28 bits per heavy atom. The normalized spacial score (nSPS) is 25.1. The van der Waals surface area contributed by atoms with Crippen LogP contribution in [0.2, 0.25) is 0 Å². The fourth-order valence-corrected chi connectivity index (χ4v) is 4.22. The zero-order chi connectivity index (χ0) is 17.1. The molecule has 6 heteroatoms. The number of pyridine rings is 1. The summed E-state index contributed by atoms with van der Waals surface area (Å²) < 4.78 is 6.01. The van der Waals surface area contributed by atoms with Gasteiger partial charge in [-0.3, -0.25) is 14.8 Å². The molecule has 3 heterocycles. The average molecular weight is 338 g/mol. The first-order chi connectivity index (χ1) is 12.3. The molecule has 0 N–H and O–H groups in total. The standard InChI is InChI=1S/C19H22N4O2/c24-18(17-10-20-8-9-22-17)23-11-15-4-3-6-19(15,13-23)14-25-12-16-5-1-2-7-21-16/h1-2,5,7-10,15H,3-4,6,11-14H2/t15-,19+/m1/s1. The van der Waals surface area contributed by atoms with Crippen LogP contribution in [0.1, 0.15) is 35.4 Å². The van der Waals surface area contributed by atoms with Gasteiger partial charge in [-0.05, 0) is 30.9 Å². The Hall–Kier alpha value is -2.34. The predicted molar refractivity (Wildman–Crippen MR) is 91.6 cm³/mol. The van der Waals surface area contributed by atoms with Gasteiger partial charge in [-0.15, -0.1) is 0 Å². The first-order valence-electron chi connectivity index (χ1n) is 8.80. The molecule has 0 aromatic carbocycles. The van der Waals surface area contributed by atoms with E-state index in [-0.39, 0.29) is 11.3 Å². The lowest BCUT2D eigenvalue weighted by molar-refractivity contribution is 0.0252. The molecule has 2 atom stereocenters. The van der Waals surface area contributed by atoms with Crippen LogP contribution < -0.4 is 0 Å². The molecule has 1 saturated carbocycles. The first kappa shape index (κ1) is 16.1.